The van der Waals surface area contributed by atoms with E-state index in [1.165, 1.54) is 18.5 Å². The fraction of sp³-hybridized carbons (Fsp3) is 0.167. The van der Waals surface area contributed by atoms with Crippen molar-refractivity contribution in [3.8, 4) is 6.07 Å². The number of carbonyl (C=O) groups is 1. The Labute approximate surface area is 116 Å². The first-order valence-electron chi connectivity index (χ1n) is 5.65. The van der Waals surface area contributed by atoms with Crippen LogP contribution in [-0.2, 0) is 17.5 Å². The molecule has 0 radical (unpaired) electrons. The summed E-state index contributed by atoms with van der Waals surface area (Å²) in [4.78, 5) is 15.3. The van der Waals surface area contributed by atoms with E-state index < -0.39 is 17.6 Å². The number of amides is 1. The second-order valence-electron chi connectivity index (χ2n) is 4.00. The van der Waals surface area contributed by atoms with Crippen LogP contribution in [0.2, 0.25) is 0 Å². The lowest BCUT2D eigenvalue weighted by molar-refractivity contribution is -0.137. The van der Waals surface area contributed by atoms with E-state index in [4.69, 9.17) is 5.26 Å². The van der Waals surface area contributed by atoms with Crippen LogP contribution in [0.4, 0.5) is 18.9 Å². The lowest BCUT2D eigenvalue weighted by Gasteiger charge is -2.09. The van der Waals surface area contributed by atoms with Crippen molar-refractivity contribution in [2.24, 2.45) is 0 Å². The van der Waals surface area contributed by atoms with E-state index >= 15 is 0 Å². The number of nitrogens with one attached hydrogen (secondary N) is 1. The standard InChI is InChI=1S/C12H8F3N5O/c13-12(14,15)8-2-1-3-9(4-8)18-11(21)6-20-7-17-10(5-16)19-20/h1-4,7H,6H2,(H,18,21). The molecule has 0 unspecified atom stereocenters. The van der Waals surface area contributed by atoms with Gasteiger partial charge in [0.15, 0.2) is 0 Å². The SMILES string of the molecule is N#Cc1ncn(CC(=O)Nc2cccc(C(F)(F)F)c2)n1. The second-order valence-corrected chi connectivity index (χ2v) is 4.00. The van der Waals surface area contributed by atoms with Crippen molar-refractivity contribution in [3.63, 3.8) is 0 Å². The van der Waals surface area contributed by atoms with Gasteiger partial charge in [-0.05, 0) is 18.2 Å². The van der Waals surface area contributed by atoms with Crippen LogP contribution in [-0.4, -0.2) is 20.7 Å². The molecule has 0 atom stereocenters. The molecule has 0 spiro atoms. The van der Waals surface area contributed by atoms with E-state index in [2.05, 4.69) is 15.4 Å². The number of hydrogen-bond acceptors (Lipinski definition) is 4. The van der Waals surface area contributed by atoms with Crippen molar-refractivity contribution in [2.45, 2.75) is 12.7 Å². The van der Waals surface area contributed by atoms with Gasteiger partial charge in [0.2, 0.25) is 5.91 Å². The van der Waals surface area contributed by atoms with Crippen LogP contribution in [0, 0.1) is 11.3 Å². The maximum absolute atomic E-state index is 12.5. The molecular weight excluding hydrogens is 287 g/mol. The number of hydrogen-bond donors (Lipinski definition) is 1. The molecule has 0 aliphatic carbocycles. The van der Waals surface area contributed by atoms with Gasteiger partial charge < -0.3 is 5.32 Å². The van der Waals surface area contributed by atoms with E-state index in [1.54, 1.807) is 6.07 Å². The average Bonchev–Trinajstić information content (AvgIpc) is 2.85. The highest BCUT2D eigenvalue weighted by Crippen LogP contribution is 2.30. The number of carbonyl (C=O) groups excluding carboxylic acids is 1. The van der Waals surface area contributed by atoms with Crippen LogP contribution in [0.15, 0.2) is 30.6 Å². The van der Waals surface area contributed by atoms with E-state index in [0.29, 0.717) is 0 Å². The van der Waals surface area contributed by atoms with Crippen LogP contribution in [0.1, 0.15) is 11.4 Å². The van der Waals surface area contributed by atoms with Gasteiger partial charge in [-0.25, -0.2) is 9.67 Å². The molecule has 1 N–H and O–H groups in total. The van der Waals surface area contributed by atoms with E-state index in [1.807, 2.05) is 0 Å². The molecule has 0 aliphatic heterocycles. The monoisotopic (exact) mass is 295 g/mol. The van der Waals surface area contributed by atoms with Crippen molar-refractivity contribution in [1.82, 2.24) is 14.8 Å². The summed E-state index contributed by atoms with van der Waals surface area (Å²) in [5.41, 5.74) is -0.830. The summed E-state index contributed by atoms with van der Waals surface area (Å²) in [5, 5.41) is 14.5. The molecule has 2 rings (SSSR count). The Morgan fingerprint density at radius 3 is 2.81 bits per heavy atom. The summed E-state index contributed by atoms with van der Waals surface area (Å²) in [7, 11) is 0. The third-order valence-corrected chi connectivity index (χ3v) is 2.42. The zero-order valence-electron chi connectivity index (χ0n) is 10.4. The minimum Gasteiger partial charge on any atom is -0.324 e. The largest absolute Gasteiger partial charge is 0.416 e. The Bertz CT molecular complexity index is 701. The molecule has 6 nitrogen and oxygen atoms in total. The van der Waals surface area contributed by atoms with Crippen LogP contribution in [0.5, 0.6) is 0 Å². The first-order valence-corrected chi connectivity index (χ1v) is 5.65. The highest BCUT2D eigenvalue weighted by molar-refractivity contribution is 5.90. The summed E-state index contributed by atoms with van der Waals surface area (Å²) in [6.07, 6.45) is -3.29. The van der Waals surface area contributed by atoms with E-state index in [9.17, 15) is 18.0 Å². The third-order valence-electron chi connectivity index (χ3n) is 2.42. The number of anilines is 1. The Hall–Kier alpha value is -2.89. The van der Waals surface area contributed by atoms with Crippen LogP contribution in [0.25, 0.3) is 0 Å². The van der Waals surface area contributed by atoms with Gasteiger partial charge in [-0.3, -0.25) is 4.79 Å². The lowest BCUT2D eigenvalue weighted by Crippen LogP contribution is -2.19. The lowest BCUT2D eigenvalue weighted by atomic mass is 10.2. The number of nitrogens with zero attached hydrogens (tertiary/aromatic N) is 4. The van der Waals surface area contributed by atoms with Crippen molar-refractivity contribution in [2.75, 3.05) is 5.32 Å². The Morgan fingerprint density at radius 1 is 1.43 bits per heavy atom. The van der Waals surface area contributed by atoms with Gasteiger partial charge in [-0.1, -0.05) is 6.07 Å². The zero-order chi connectivity index (χ0) is 15.5. The molecule has 0 saturated heterocycles. The van der Waals surface area contributed by atoms with Crippen LogP contribution >= 0.6 is 0 Å². The Morgan fingerprint density at radius 2 is 2.19 bits per heavy atom. The van der Waals surface area contributed by atoms with E-state index in [-0.39, 0.29) is 18.1 Å². The van der Waals surface area contributed by atoms with Gasteiger partial charge in [0.1, 0.15) is 18.9 Å². The van der Waals surface area contributed by atoms with Gasteiger partial charge in [0.25, 0.3) is 5.82 Å². The van der Waals surface area contributed by atoms with Gasteiger partial charge in [0.05, 0.1) is 5.56 Å². The highest BCUT2D eigenvalue weighted by Gasteiger charge is 2.30. The Kier molecular flexibility index (Phi) is 3.89. The maximum atomic E-state index is 12.5. The van der Waals surface area contributed by atoms with Crippen LogP contribution < -0.4 is 5.32 Å². The molecule has 108 valence electrons. The summed E-state index contributed by atoms with van der Waals surface area (Å²) >= 11 is 0. The first-order chi connectivity index (χ1) is 9.88. The first kappa shape index (κ1) is 14.5. The van der Waals surface area contributed by atoms with Gasteiger partial charge >= 0.3 is 6.18 Å². The highest BCUT2D eigenvalue weighted by atomic mass is 19.4. The molecule has 0 aliphatic rings. The Balaban J connectivity index is 2.04. The molecule has 1 aromatic carbocycles. The predicted molar refractivity (Wildman–Crippen MR) is 64.8 cm³/mol. The maximum Gasteiger partial charge on any atom is 0.416 e. The quantitative estimate of drug-likeness (QED) is 0.936. The van der Waals surface area contributed by atoms with E-state index in [0.717, 1.165) is 16.8 Å². The fourth-order valence-electron chi connectivity index (χ4n) is 1.54. The molecule has 1 amide bonds. The minimum absolute atomic E-state index is 0.0236. The number of nitriles is 1. The van der Waals surface area contributed by atoms with Crippen molar-refractivity contribution in [3.05, 3.63) is 42.0 Å². The average molecular weight is 295 g/mol. The molecular formula is C12H8F3N5O. The van der Waals surface area contributed by atoms with Crippen molar-refractivity contribution in [1.29, 1.82) is 5.26 Å². The molecule has 0 fully saturated rings. The number of benzene rings is 1. The second kappa shape index (κ2) is 5.62. The summed E-state index contributed by atoms with van der Waals surface area (Å²) in [5.74, 6) is -0.675. The predicted octanol–water partition coefficient (Wildman–Crippen LogP) is 1.81. The number of aromatic nitrogens is 3. The summed E-state index contributed by atoms with van der Waals surface area (Å²) in [6.45, 7) is -0.259. The minimum atomic E-state index is -4.48. The van der Waals surface area contributed by atoms with Gasteiger partial charge in [-0.2, -0.15) is 18.4 Å². The molecule has 0 saturated carbocycles. The number of alkyl halides is 3. The van der Waals surface area contributed by atoms with Crippen LogP contribution in [0.3, 0.4) is 0 Å². The number of rotatable bonds is 3. The summed E-state index contributed by atoms with van der Waals surface area (Å²) < 4.78 is 38.7. The molecule has 2 aromatic rings. The summed E-state index contributed by atoms with van der Waals surface area (Å²) in [6, 6.07) is 5.98. The van der Waals surface area contributed by atoms with Gasteiger partial charge in [-0.15, -0.1) is 5.10 Å². The molecule has 21 heavy (non-hydrogen) atoms. The molecule has 9 heteroatoms. The molecule has 1 heterocycles. The molecule has 1 aromatic heterocycles. The van der Waals surface area contributed by atoms with Gasteiger partial charge in [0, 0.05) is 5.69 Å². The topological polar surface area (TPSA) is 83.6 Å². The third kappa shape index (κ3) is 3.79. The fourth-order valence-corrected chi connectivity index (χ4v) is 1.54. The smallest absolute Gasteiger partial charge is 0.324 e. The normalized spacial score (nSPS) is 11.0. The molecule has 0 bridgehead atoms. The zero-order valence-corrected chi connectivity index (χ0v) is 10.4. The van der Waals surface area contributed by atoms with Crippen molar-refractivity contribution < 1.29 is 18.0 Å². The number of halogens is 3. The van der Waals surface area contributed by atoms with Crippen molar-refractivity contribution >= 4 is 11.6 Å².